The number of rotatable bonds is 3. The fraction of sp³-hybridized carbons (Fsp3) is 0.300. The van der Waals surface area contributed by atoms with Crippen molar-refractivity contribution in [3.05, 3.63) is 74.0 Å². The molecule has 1 aromatic carbocycles. The summed E-state index contributed by atoms with van der Waals surface area (Å²) in [6.45, 7) is 6.53. The van der Waals surface area contributed by atoms with Gasteiger partial charge in [0.2, 0.25) is 5.88 Å². The molecule has 3 rings (SSSR count). The Bertz CT molecular complexity index is 999. The lowest BCUT2D eigenvalue weighted by molar-refractivity contribution is 0.386. The summed E-state index contributed by atoms with van der Waals surface area (Å²) in [7, 11) is 0. The number of allylic oxidation sites excluding steroid dienone is 1. The summed E-state index contributed by atoms with van der Waals surface area (Å²) in [5.74, 6) is 0.0342. The van der Waals surface area contributed by atoms with Crippen LogP contribution < -0.4 is 16.0 Å². The highest BCUT2D eigenvalue weighted by Crippen LogP contribution is 2.42. The lowest BCUT2D eigenvalue weighted by atomic mass is 9.84. The van der Waals surface area contributed by atoms with Gasteiger partial charge in [-0.15, -0.1) is 0 Å². The third kappa shape index (κ3) is 2.97. The van der Waals surface area contributed by atoms with E-state index < -0.39 is 5.92 Å². The van der Waals surface area contributed by atoms with E-state index in [9.17, 15) is 10.1 Å². The molecular weight excluding hydrogens is 350 g/mol. The second-order valence-electron chi connectivity index (χ2n) is 6.82. The molecule has 0 aliphatic carbocycles. The third-order valence-electron chi connectivity index (χ3n) is 4.45. The van der Waals surface area contributed by atoms with E-state index in [-0.39, 0.29) is 17.0 Å². The van der Waals surface area contributed by atoms with E-state index in [1.807, 2.05) is 26.8 Å². The van der Waals surface area contributed by atoms with Crippen molar-refractivity contribution in [2.75, 3.05) is 0 Å². The number of pyridine rings is 1. The molecule has 2 heterocycles. The summed E-state index contributed by atoms with van der Waals surface area (Å²) in [5.41, 5.74) is 7.85. The molecule has 0 radical (unpaired) electrons. The van der Waals surface area contributed by atoms with Gasteiger partial charge in [-0.2, -0.15) is 5.26 Å². The normalized spacial score (nSPS) is 16.2. The second-order valence-corrected chi connectivity index (χ2v) is 7.23. The van der Waals surface area contributed by atoms with Crippen LogP contribution in [0.2, 0.25) is 5.02 Å². The number of benzene rings is 1. The summed E-state index contributed by atoms with van der Waals surface area (Å²) in [4.78, 5) is 13.3. The largest absolute Gasteiger partial charge is 0.440 e. The fourth-order valence-electron chi connectivity index (χ4n) is 3.30. The Hall–Kier alpha value is -2.71. The van der Waals surface area contributed by atoms with E-state index in [0.717, 1.165) is 5.69 Å². The lowest BCUT2D eigenvalue weighted by Gasteiger charge is -2.28. The van der Waals surface area contributed by atoms with Gasteiger partial charge in [0.1, 0.15) is 17.4 Å². The van der Waals surface area contributed by atoms with Gasteiger partial charge in [0.25, 0.3) is 5.56 Å². The van der Waals surface area contributed by atoms with E-state index in [2.05, 4.69) is 6.07 Å². The van der Waals surface area contributed by atoms with Crippen LogP contribution in [0.5, 0.6) is 5.75 Å². The quantitative estimate of drug-likeness (QED) is 0.894. The number of aromatic nitrogens is 1. The van der Waals surface area contributed by atoms with Crippen molar-refractivity contribution >= 4 is 11.6 Å². The van der Waals surface area contributed by atoms with Crippen LogP contribution in [0.25, 0.3) is 0 Å². The number of ether oxygens (including phenoxy) is 1. The maximum Gasteiger partial charge on any atom is 0.258 e. The zero-order chi connectivity index (χ0) is 19.0. The Morgan fingerprint density at radius 3 is 2.69 bits per heavy atom. The first-order valence-corrected chi connectivity index (χ1v) is 8.79. The molecule has 1 aliphatic rings. The zero-order valence-corrected chi connectivity index (χ0v) is 15.7. The Morgan fingerprint density at radius 2 is 2.08 bits per heavy atom. The van der Waals surface area contributed by atoms with Crippen molar-refractivity contribution in [1.82, 2.24) is 4.57 Å². The Balaban J connectivity index is 2.34. The first kappa shape index (κ1) is 18.1. The number of aryl methyl sites for hydroxylation is 1. The number of hydrogen-bond acceptors (Lipinski definition) is 4. The van der Waals surface area contributed by atoms with Gasteiger partial charge in [-0.1, -0.05) is 43.6 Å². The maximum absolute atomic E-state index is 13.3. The van der Waals surface area contributed by atoms with Crippen molar-refractivity contribution < 1.29 is 4.74 Å². The zero-order valence-electron chi connectivity index (χ0n) is 14.9. The monoisotopic (exact) mass is 369 g/mol. The highest BCUT2D eigenvalue weighted by Gasteiger charge is 2.35. The van der Waals surface area contributed by atoms with Crippen molar-refractivity contribution in [2.24, 2.45) is 11.7 Å². The standard InChI is InChI=1S/C20H20ClN3O2/c1-11(2)10-24-12(3)8-16-18(20(24)25)17(14(9-22)19(23)26-16)13-6-4-5-7-15(13)21/h4-8,11,17H,10,23H2,1-3H3/t17-/m1/s1. The van der Waals surface area contributed by atoms with Gasteiger partial charge in [-0.05, 0) is 24.5 Å². The Morgan fingerprint density at radius 1 is 1.38 bits per heavy atom. The highest BCUT2D eigenvalue weighted by atomic mass is 35.5. The average molecular weight is 370 g/mol. The van der Waals surface area contributed by atoms with Gasteiger partial charge < -0.3 is 15.0 Å². The smallest absolute Gasteiger partial charge is 0.258 e. The van der Waals surface area contributed by atoms with Crippen LogP contribution in [0.4, 0.5) is 0 Å². The van der Waals surface area contributed by atoms with Crippen LogP contribution in [0.15, 0.2) is 46.6 Å². The van der Waals surface area contributed by atoms with Gasteiger partial charge in [-0.25, -0.2) is 0 Å². The molecule has 5 nitrogen and oxygen atoms in total. The average Bonchev–Trinajstić information content (AvgIpc) is 2.58. The van der Waals surface area contributed by atoms with Crippen LogP contribution in [0.3, 0.4) is 0 Å². The van der Waals surface area contributed by atoms with Crippen molar-refractivity contribution in [3.8, 4) is 11.8 Å². The molecule has 26 heavy (non-hydrogen) atoms. The van der Waals surface area contributed by atoms with Crippen molar-refractivity contribution in [3.63, 3.8) is 0 Å². The molecule has 0 spiro atoms. The summed E-state index contributed by atoms with van der Waals surface area (Å²) in [6, 6.07) is 11.1. The van der Waals surface area contributed by atoms with Crippen LogP contribution >= 0.6 is 11.6 Å². The molecule has 0 unspecified atom stereocenters. The molecule has 0 bridgehead atoms. The van der Waals surface area contributed by atoms with E-state index in [1.165, 1.54) is 0 Å². The summed E-state index contributed by atoms with van der Waals surface area (Å²) in [5, 5.41) is 10.1. The Labute approximate surface area is 157 Å². The fourth-order valence-corrected chi connectivity index (χ4v) is 3.54. The van der Waals surface area contributed by atoms with Gasteiger partial charge in [0.05, 0.1) is 11.5 Å². The van der Waals surface area contributed by atoms with Crippen molar-refractivity contribution in [1.29, 1.82) is 5.26 Å². The molecule has 1 aliphatic heterocycles. The minimum Gasteiger partial charge on any atom is -0.440 e. The molecule has 0 amide bonds. The highest BCUT2D eigenvalue weighted by molar-refractivity contribution is 6.31. The van der Waals surface area contributed by atoms with E-state index in [1.54, 1.807) is 28.8 Å². The molecule has 0 fully saturated rings. The summed E-state index contributed by atoms with van der Waals surface area (Å²) < 4.78 is 7.34. The molecule has 1 aromatic heterocycles. The number of nitrogens with two attached hydrogens (primary N) is 1. The number of nitrogens with zero attached hydrogens (tertiary/aromatic N) is 2. The molecule has 1 atom stereocenters. The lowest BCUT2D eigenvalue weighted by Crippen LogP contribution is -2.33. The third-order valence-corrected chi connectivity index (χ3v) is 4.80. The number of halogens is 1. The predicted octanol–water partition coefficient (Wildman–Crippen LogP) is 3.68. The van der Waals surface area contributed by atoms with Crippen LogP contribution in [0, 0.1) is 24.2 Å². The summed E-state index contributed by atoms with van der Waals surface area (Å²) >= 11 is 6.38. The van der Waals surface area contributed by atoms with E-state index >= 15 is 0 Å². The molecule has 2 N–H and O–H groups in total. The molecule has 0 saturated heterocycles. The SMILES string of the molecule is Cc1cc2c(c(=O)n1CC(C)C)[C@H](c1ccccc1Cl)C(C#N)=C(N)O2. The first-order valence-electron chi connectivity index (χ1n) is 8.41. The first-order chi connectivity index (χ1) is 12.3. The topological polar surface area (TPSA) is 81.0 Å². The summed E-state index contributed by atoms with van der Waals surface area (Å²) in [6.07, 6.45) is 0. The van der Waals surface area contributed by atoms with Gasteiger partial charge in [0.15, 0.2) is 0 Å². The minimum atomic E-state index is -0.649. The van der Waals surface area contributed by atoms with Crippen LogP contribution in [-0.4, -0.2) is 4.57 Å². The molecule has 6 heteroatoms. The number of fused-ring (bicyclic) bond motifs is 1. The molecule has 134 valence electrons. The van der Waals surface area contributed by atoms with E-state index in [4.69, 9.17) is 22.1 Å². The molecular formula is C20H20ClN3O2. The number of hydrogen-bond donors (Lipinski definition) is 1. The van der Waals surface area contributed by atoms with Crippen LogP contribution in [0.1, 0.15) is 36.6 Å². The maximum atomic E-state index is 13.3. The number of nitriles is 1. The Kier molecular flexibility index (Phi) is 4.80. The van der Waals surface area contributed by atoms with Crippen LogP contribution in [-0.2, 0) is 6.54 Å². The van der Waals surface area contributed by atoms with Gasteiger partial charge >= 0.3 is 0 Å². The van der Waals surface area contributed by atoms with Gasteiger partial charge in [-0.3, -0.25) is 4.79 Å². The molecule has 0 saturated carbocycles. The van der Waals surface area contributed by atoms with Crippen molar-refractivity contribution in [2.45, 2.75) is 33.2 Å². The second kappa shape index (κ2) is 6.89. The predicted molar refractivity (Wildman–Crippen MR) is 101 cm³/mol. The van der Waals surface area contributed by atoms with Gasteiger partial charge in [0, 0.05) is 23.3 Å². The minimum absolute atomic E-state index is 0.00493. The van der Waals surface area contributed by atoms with E-state index in [0.29, 0.717) is 34.4 Å². The molecule has 2 aromatic rings.